The third-order valence-electron chi connectivity index (χ3n) is 2.50. The van der Waals surface area contributed by atoms with Crippen molar-refractivity contribution in [2.24, 2.45) is 0 Å². The molecule has 0 N–H and O–H groups in total. The van der Waals surface area contributed by atoms with Crippen molar-refractivity contribution in [2.75, 3.05) is 19.8 Å². The average Bonchev–Trinajstić information content (AvgIpc) is 2.34. The maximum atomic E-state index is 5.87. The second-order valence-corrected chi connectivity index (χ2v) is 7.06. The molecule has 3 nitrogen and oxygen atoms in total. The summed E-state index contributed by atoms with van der Waals surface area (Å²) in [6.45, 7) is 10.7. The quantitative estimate of drug-likeness (QED) is 0.393. The van der Waals surface area contributed by atoms with Crippen molar-refractivity contribution in [3.8, 4) is 0 Å². The molecule has 0 saturated heterocycles. The van der Waals surface area contributed by atoms with E-state index < -0.39 is 8.80 Å². The van der Waals surface area contributed by atoms with Crippen LogP contribution in [0.1, 0.15) is 59.3 Å². The Labute approximate surface area is 108 Å². The molecule has 0 amide bonds. The molecule has 0 atom stereocenters. The average molecular weight is 262 g/mol. The molecule has 17 heavy (non-hydrogen) atoms. The van der Waals surface area contributed by atoms with Crippen LogP contribution in [0.15, 0.2) is 0 Å². The van der Waals surface area contributed by atoms with Crippen LogP contribution in [0.3, 0.4) is 0 Å². The van der Waals surface area contributed by atoms with Gasteiger partial charge in [-0.25, -0.2) is 0 Å². The minimum absolute atomic E-state index is 0.737. The summed E-state index contributed by atoms with van der Waals surface area (Å²) < 4.78 is 17.4. The second-order valence-electron chi connectivity index (χ2n) is 4.47. The first-order chi connectivity index (χ1) is 8.18. The van der Waals surface area contributed by atoms with Gasteiger partial charge in [-0.15, -0.1) is 0 Å². The van der Waals surface area contributed by atoms with Gasteiger partial charge in [-0.2, -0.15) is 0 Å². The molecule has 0 unspecified atom stereocenters. The Bertz CT molecular complexity index is 157. The zero-order chi connectivity index (χ0) is 13.0. The van der Waals surface area contributed by atoms with Gasteiger partial charge in [0.25, 0.3) is 0 Å². The van der Waals surface area contributed by atoms with Gasteiger partial charge in [-0.1, -0.05) is 40.0 Å². The van der Waals surface area contributed by atoms with Crippen molar-refractivity contribution in [3.63, 3.8) is 0 Å². The maximum absolute atomic E-state index is 5.87. The van der Waals surface area contributed by atoms with Gasteiger partial charge in [-0.3, -0.25) is 0 Å². The minimum Gasteiger partial charge on any atom is -0.374 e. The molecule has 104 valence electrons. The van der Waals surface area contributed by atoms with Crippen LogP contribution < -0.4 is 0 Å². The summed E-state index contributed by atoms with van der Waals surface area (Å²) in [6, 6.07) is 0. The maximum Gasteiger partial charge on any atom is 0.497 e. The molecule has 0 bridgehead atoms. The second kappa shape index (κ2) is 11.2. The first-order valence-electron chi connectivity index (χ1n) is 7.10. The summed E-state index contributed by atoms with van der Waals surface area (Å²) in [7, 11) is -2.35. The molecular formula is C13H30O3Si. The summed E-state index contributed by atoms with van der Waals surface area (Å²) in [6.07, 6.45) is 6.92. The Morgan fingerprint density at radius 2 is 1.18 bits per heavy atom. The molecule has 0 aliphatic rings. The van der Waals surface area contributed by atoms with Gasteiger partial charge < -0.3 is 13.3 Å². The van der Waals surface area contributed by atoms with Crippen molar-refractivity contribution < 1.29 is 13.3 Å². The lowest BCUT2D eigenvalue weighted by atomic mass is 10.2. The van der Waals surface area contributed by atoms with E-state index in [0.29, 0.717) is 0 Å². The fourth-order valence-electron chi connectivity index (χ4n) is 1.49. The Balaban J connectivity index is 3.82. The molecule has 0 radical (unpaired) electrons. The molecule has 4 heteroatoms. The lowest BCUT2D eigenvalue weighted by molar-refractivity contribution is 0.0644. The van der Waals surface area contributed by atoms with Crippen LogP contribution in [0.25, 0.3) is 0 Å². The van der Waals surface area contributed by atoms with Crippen LogP contribution in [0.5, 0.6) is 0 Å². The van der Waals surface area contributed by atoms with Crippen LogP contribution in [0.4, 0.5) is 0 Å². The fraction of sp³-hybridized carbons (Fsp3) is 1.00. The van der Waals surface area contributed by atoms with E-state index in [-0.39, 0.29) is 0 Å². The van der Waals surface area contributed by atoms with Gasteiger partial charge in [0.15, 0.2) is 0 Å². The summed E-state index contributed by atoms with van der Waals surface area (Å²) >= 11 is 0. The van der Waals surface area contributed by atoms with Crippen LogP contribution in [0.2, 0.25) is 6.55 Å². The van der Waals surface area contributed by atoms with E-state index in [1.165, 1.54) is 19.3 Å². The molecular weight excluding hydrogens is 232 g/mol. The van der Waals surface area contributed by atoms with Crippen LogP contribution in [0, 0.1) is 0 Å². The highest BCUT2D eigenvalue weighted by Gasteiger charge is 2.34. The number of rotatable bonds is 12. The molecule has 0 heterocycles. The molecule has 0 rings (SSSR count). The van der Waals surface area contributed by atoms with E-state index in [9.17, 15) is 0 Å². The predicted octanol–water partition coefficient (Wildman–Crippen LogP) is 4.01. The summed E-state index contributed by atoms with van der Waals surface area (Å²) in [5.41, 5.74) is 0. The Hall–Kier alpha value is 0.0969. The van der Waals surface area contributed by atoms with Crippen molar-refractivity contribution >= 4 is 8.80 Å². The van der Waals surface area contributed by atoms with E-state index in [4.69, 9.17) is 13.3 Å². The van der Waals surface area contributed by atoms with Gasteiger partial charge in [0.05, 0.1) is 0 Å². The highest BCUT2D eigenvalue weighted by atomic mass is 28.4. The van der Waals surface area contributed by atoms with Gasteiger partial charge in [0, 0.05) is 26.4 Å². The van der Waals surface area contributed by atoms with Crippen LogP contribution >= 0.6 is 0 Å². The zero-order valence-electron chi connectivity index (χ0n) is 12.1. The SMILES string of the molecule is CCCCCCO[Si](C)(OCCC)OCCC. The molecule has 0 aromatic heterocycles. The summed E-state index contributed by atoms with van der Waals surface area (Å²) in [5.74, 6) is 0. The van der Waals surface area contributed by atoms with E-state index >= 15 is 0 Å². The smallest absolute Gasteiger partial charge is 0.374 e. The topological polar surface area (TPSA) is 27.7 Å². The number of hydrogen-bond acceptors (Lipinski definition) is 3. The normalized spacial score (nSPS) is 12.0. The highest BCUT2D eigenvalue weighted by Crippen LogP contribution is 2.12. The van der Waals surface area contributed by atoms with Crippen molar-refractivity contribution in [1.29, 1.82) is 0 Å². The first kappa shape index (κ1) is 17.1. The first-order valence-corrected chi connectivity index (χ1v) is 9.32. The van der Waals surface area contributed by atoms with Gasteiger partial charge in [0.2, 0.25) is 0 Å². The van der Waals surface area contributed by atoms with Crippen molar-refractivity contribution in [1.82, 2.24) is 0 Å². The molecule has 0 spiro atoms. The summed E-state index contributed by atoms with van der Waals surface area (Å²) in [5, 5.41) is 0. The van der Waals surface area contributed by atoms with E-state index in [0.717, 1.165) is 39.1 Å². The van der Waals surface area contributed by atoms with Crippen molar-refractivity contribution in [3.05, 3.63) is 0 Å². The minimum atomic E-state index is -2.35. The third-order valence-corrected chi connectivity index (χ3v) is 4.68. The van der Waals surface area contributed by atoms with E-state index in [1.54, 1.807) is 0 Å². The monoisotopic (exact) mass is 262 g/mol. The third kappa shape index (κ3) is 9.77. The highest BCUT2D eigenvalue weighted by molar-refractivity contribution is 6.59. The van der Waals surface area contributed by atoms with Gasteiger partial charge in [-0.05, 0) is 19.3 Å². The van der Waals surface area contributed by atoms with E-state index in [1.807, 2.05) is 6.55 Å². The zero-order valence-corrected chi connectivity index (χ0v) is 13.1. The van der Waals surface area contributed by atoms with E-state index in [2.05, 4.69) is 20.8 Å². The number of unbranched alkanes of at least 4 members (excludes halogenated alkanes) is 3. The van der Waals surface area contributed by atoms with Crippen LogP contribution in [-0.4, -0.2) is 28.6 Å². The Morgan fingerprint density at radius 1 is 0.647 bits per heavy atom. The van der Waals surface area contributed by atoms with Gasteiger partial charge >= 0.3 is 8.80 Å². The lowest BCUT2D eigenvalue weighted by Crippen LogP contribution is -2.43. The predicted molar refractivity (Wildman–Crippen MR) is 74.2 cm³/mol. The molecule has 0 aliphatic carbocycles. The van der Waals surface area contributed by atoms with Crippen molar-refractivity contribution in [2.45, 2.75) is 65.8 Å². The Kier molecular flexibility index (Phi) is 11.3. The standard InChI is InChI=1S/C13H30O3Si/c1-5-8-9-10-13-16-17(4,14-11-6-2)15-12-7-3/h5-13H2,1-4H3. The van der Waals surface area contributed by atoms with Crippen LogP contribution in [-0.2, 0) is 13.3 Å². The lowest BCUT2D eigenvalue weighted by Gasteiger charge is -2.26. The molecule has 0 aromatic rings. The Morgan fingerprint density at radius 3 is 1.65 bits per heavy atom. The fourth-order valence-corrected chi connectivity index (χ4v) is 3.40. The molecule has 0 fully saturated rings. The molecule has 0 aliphatic heterocycles. The largest absolute Gasteiger partial charge is 0.497 e. The van der Waals surface area contributed by atoms with Gasteiger partial charge in [0.1, 0.15) is 0 Å². The molecule has 0 saturated carbocycles. The summed E-state index contributed by atoms with van der Waals surface area (Å²) in [4.78, 5) is 0. The molecule has 0 aromatic carbocycles. The number of hydrogen-bond donors (Lipinski definition) is 0.